The van der Waals surface area contributed by atoms with Crippen molar-refractivity contribution in [1.82, 2.24) is 4.98 Å². The second kappa shape index (κ2) is 10.1. The Morgan fingerprint density at radius 2 is 1.61 bits per heavy atom. The second-order valence-electron chi connectivity index (χ2n) is 7.92. The summed E-state index contributed by atoms with van der Waals surface area (Å²) in [6.45, 7) is -0.446. The molecule has 0 saturated carbocycles. The fourth-order valence-corrected chi connectivity index (χ4v) is 4.96. The zero-order valence-corrected chi connectivity index (χ0v) is 20.4. The van der Waals surface area contributed by atoms with Crippen molar-refractivity contribution in [2.24, 2.45) is 0 Å². The van der Waals surface area contributed by atoms with Crippen LogP contribution >= 0.6 is 11.3 Å². The minimum atomic E-state index is -0.590. The van der Waals surface area contributed by atoms with Crippen molar-refractivity contribution in [1.29, 1.82) is 0 Å². The van der Waals surface area contributed by atoms with Gasteiger partial charge in [-0.05, 0) is 23.6 Å². The largest absolute Gasteiger partial charge is 0.497 e. The van der Waals surface area contributed by atoms with E-state index in [9.17, 15) is 9.59 Å². The van der Waals surface area contributed by atoms with Crippen molar-refractivity contribution in [3.63, 3.8) is 0 Å². The fourth-order valence-electron chi connectivity index (χ4n) is 3.96. The van der Waals surface area contributed by atoms with Gasteiger partial charge < -0.3 is 19.5 Å². The van der Waals surface area contributed by atoms with Crippen LogP contribution in [0.4, 0.5) is 5.69 Å². The van der Waals surface area contributed by atoms with Crippen molar-refractivity contribution >= 4 is 49.9 Å². The Morgan fingerprint density at radius 3 is 2.33 bits per heavy atom. The van der Waals surface area contributed by atoms with Crippen molar-refractivity contribution in [3.8, 4) is 22.1 Å². The summed E-state index contributed by atoms with van der Waals surface area (Å²) in [4.78, 5) is 30.4. The van der Waals surface area contributed by atoms with Gasteiger partial charge in [-0.3, -0.25) is 4.79 Å². The molecule has 5 rings (SSSR count). The number of thiazole rings is 1. The molecule has 1 heterocycles. The van der Waals surface area contributed by atoms with E-state index < -0.39 is 18.5 Å². The van der Waals surface area contributed by atoms with Crippen LogP contribution in [0.25, 0.3) is 31.6 Å². The van der Waals surface area contributed by atoms with Crippen molar-refractivity contribution in [2.45, 2.75) is 0 Å². The normalized spacial score (nSPS) is 10.8. The number of ether oxygens (including phenoxy) is 3. The minimum absolute atomic E-state index is 0.373. The Hall–Kier alpha value is -4.43. The highest BCUT2D eigenvalue weighted by molar-refractivity contribution is 7.21. The van der Waals surface area contributed by atoms with E-state index in [1.165, 1.54) is 14.2 Å². The summed E-state index contributed by atoms with van der Waals surface area (Å²) in [5.41, 5.74) is 2.59. The molecule has 36 heavy (non-hydrogen) atoms. The third kappa shape index (κ3) is 4.71. The third-order valence-electron chi connectivity index (χ3n) is 5.62. The minimum Gasteiger partial charge on any atom is -0.497 e. The molecule has 0 aliphatic rings. The number of carbonyl (C=O) groups is 2. The summed E-state index contributed by atoms with van der Waals surface area (Å²) < 4.78 is 16.9. The van der Waals surface area contributed by atoms with Crippen molar-refractivity contribution in [2.75, 3.05) is 26.1 Å². The van der Waals surface area contributed by atoms with Crippen molar-refractivity contribution in [3.05, 3.63) is 84.4 Å². The number of amides is 1. The summed E-state index contributed by atoms with van der Waals surface area (Å²) >= 11 is 1.56. The predicted molar refractivity (Wildman–Crippen MR) is 141 cm³/mol. The molecule has 0 fully saturated rings. The number of anilines is 1. The predicted octanol–water partition coefficient (Wildman–Crippen LogP) is 5.93. The monoisotopic (exact) mass is 498 g/mol. The van der Waals surface area contributed by atoms with Gasteiger partial charge in [-0.25, -0.2) is 9.78 Å². The zero-order valence-electron chi connectivity index (χ0n) is 19.6. The molecule has 180 valence electrons. The van der Waals surface area contributed by atoms with E-state index in [2.05, 4.69) is 5.32 Å². The number of benzene rings is 4. The number of hydrogen-bond donors (Lipinski definition) is 1. The molecule has 7 nitrogen and oxygen atoms in total. The van der Waals surface area contributed by atoms with E-state index in [1.807, 2.05) is 48.5 Å². The zero-order chi connectivity index (χ0) is 25.1. The number of rotatable bonds is 7. The van der Waals surface area contributed by atoms with E-state index in [4.69, 9.17) is 19.2 Å². The maximum absolute atomic E-state index is 13.1. The second-order valence-corrected chi connectivity index (χ2v) is 8.95. The number of nitrogens with zero attached hydrogens (tertiary/aromatic N) is 1. The fraction of sp³-hybridized carbons (Fsp3) is 0.107. The lowest BCUT2D eigenvalue weighted by atomic mass is 9.99. The lowest BCUT2D eigenvalue weighted by Crippen LogP contribution is -2.21. The molecular formula is C28H22N2O5S. The topological polar surface area (TPSA) is 86.8 Å². The standard InChI is InChI=1S/C28H22N2O5S/c1-33-19-13-18(14-20(15-19)34-2)29-25(31)16-35-28(32)22-10-6-8-17-7-5-9-21(26(17)22)27-30-23-11-3-4-12-24(23)36-27/h3-15H,16H2,1-2H3,(H,29,31). The number of hydrogen-bond acceptors (Lipinski definition) is 7. The highest BCUT2D eigenvalue weighted by Gasteiger charge is 2.18. The maximum atomic E-state index is 13.1. The van der Waals surface area contributed by atoms with Gasteiger partial charge in [0.1, 0.15) is 16.5 Å². The Kier molecular flexibility index (Phi) is 6.51. The van der Waals surface area contributed by atoms with Gasteiger partial charge >= 0.3 is 5.97 Å². The first-order chi connectivity index (χ1) is 17.6. The molecule has 0 spiro atoms. The van der Waals surface area contributed by atoms with E-state index in [-0.39, 0.29) is 0 Å². The first kappa shape index (κ1) is 23.3. The number of carbonyl (C=O) groups excluding carboxylic acids is 2. The summed E-state index contributed by atoms with van der Waals surface area (Å²) in [7, 11) is 3.05. The molecule has 5 aromatic rings. The molecule has 0 unspecified atom stereocenters. The lowest BCUT2D eigenvalue weighted by Gasteiger charge is -2.12. The van der Waals surface area contributed by atoms with Gasteiger partial charge in [0.05, 0.1) is 30.0 Å². The maximum Gasteiger partial charge on any atom is 0.339 e. The first-order valence-electron chi connectivity index (χ1n) is 11.1. The molecule has 0 aliphatic heterocycles. The van der Waals surface area contributed by atoms with Crippen molar-refractivity contribution < 1.29 is 23.8 Å². The summed E-state index contributed by atoms with van der Waals surface area (Å²) in [5.74, 6) is -0.0163. The summed E-state index contributed by atoms with van der Waals surface area (Å²) in [5, 5.41) is 5.14. The Balaban J connectivity index is 1.39. The Morgan fingerprint density at radius 1 is 0.889 bits per heavy atom. The molecule has 0 bridgehead atoms. The quantitative estimate of drug-likeness (QED) is 0.280. The van der Waals surface area contributed by atoms with Gasteiger partial charge in [0.15, 0.2) is 6.61 Å². The van der Waals surface area contributed by atoms with Gasteiger partial charge in [-0.1, -0.05) is 42.5 Å². The van der Waals surface area contributed by atoms with E-state index in [0.717, 1.165) is 31.6 Å². The van der Waals surface area contributed by atoms with Crippen LogP contribution in [0, 0.1) is 0 Å². The number of aromatic nitrogens is 1. The molecular weight excluding hydrogens is 476 g/mol. The molecule has 8 heteroatoms. The molecule has 1 amide bonds. The van der Waals surface area contributed by atoms with Gasteiger partial charge in [0.2, 0.25) is 0 Å². The van der Waals surface area contributed by atoms with E-state index in [1.54, 1.807) is 41.7 Å². The highest BCUT2D eigenvalue weighted by atomic mass is 32.1. The van der Waals surface area contributed by atoms with Crippen LogP contribution in [-0.2, 0) is 9.53 Å². The molecule has 1 N–H and O–H groups in total. The first-order valence-corrected chi connectivity index (χ1v) is 11.9. The average Bonchev–Trinajstić information content (AvgIpc) is 3.35. The summed E-state index contributed by atoms with van der Waals surface area (Å²) in [6, 6.07) is 24.2. The molecule has 1 aromatic heterocycles. The SMILES string of the molecule is COc1cc(NC(=O)COC(=O)c2cccc3cccc(-c4nc5ccccc5s4)c23)cc(OC)c1. The number of esters is 1. The molecule has 0 atom stereocenters. The van der Waals surface area contributed by atoms with E-state index >= 15 is 0 Å². The Bertz CT molecular complexity index is 1530. The molecule has 0 radical (unpaired) electrons. The Labute approximate surface area is 211 Å². The van der Waals surface area contributed by atoms with Crippen LogP contribution in [0.2, 0.25) is 0 Å². The number of para-hydroxylation sites is 1. The lowest BCUT2D eigenvalue weighted by molar-refractivity contribution is -0.119. The van der Waals surface area contributed by atoms with Crippen LogP contribution in [0.5, 0.6) is 11.5 Å². The molecule has 0 aliphatic carbocycles. The summed E-state index contributed by atoms with van der Waals surface area (Å²) in [6.07, 6.45) is 0. The van der Waals surface area contributed by atoms with Gasteiger partial charge in [0.25, 0.3) is 5.91 Å². The highest BCUT2D eigenvalue weighted by Crippen LogP contribution is 2.36. The van der Waals surface area contributed by atoms with Gasteiger partial charge in [0, 0.05) is 34.8 Å². The molecule has 4 aromatic carbocycles. The average molecular weight is 499 g/mol. The van der Waals surface area contributed by atoms with Crippen LogP contribution in [0.15, 0.2) is 78.9 Å². The number of nitrogens with one attached hydrogen (secondary N) is 1. The van der Waals surface area contributed by atoms with Crippen LogP contribution in [0.3, 0.4) is 0 Å². The smallest absolute Gasteiger partial charge is 0.339 e. The molecule has 0 saturated heterocycles. The van der Waals surface area contributed by atoms with Gasteiger partial charge in [-0.2, -0.15) is 0 Å². The van der Waals surface area contributed by atoms with Crippen LogP contribution in [0.1, 0.15) is 10.4 Å². The van der Waals surface area contributed by atoms with Crippen LogP contribution < -0.4 is 14.8 Å². The van der Waals surface area contributed by atoms with Crippen LogP contribution in [-0.4, -0.2) is 37.7 Å². The third-order valence-corrected chi connectivity index (χ3v) is 6.69. The number of fused-ring (bicyclic) bond motifs is 2. The van der Waals surface area contributed by atoms with E-state index in [0.29, 0.717) is 22.7 Å². The van der Waals surface area contributed by atoms with Gasteiger partial charge in [-0.15, -0.1) is 11.3 Å². The number of methoxy groups -OCH3 is 2.